The number of benzene rings is 2. The molecule has 0 bridgehead atoms. The van der Waals surface area contributed by atoms with Crippen LogP contribution in [0.25, 0.3) is 0 Å². The van der Waals surface area contributed by atoms with Crippen molar-refractivity contribution in [1.29, 1.82) is 0 Å². The van der Waals surface area contributed by atoms with E-state index in [1.807, 2.05) is 19.1 Å². The minimum Gasteiger partial charge on any atom is -0.423 e. The number of halogens is 1. The third kappa shape index (κ3) is 3.48. The second-order valence-corrected chi connectivity index (χ2v) is 5.56. The van der Waals surface area contributed by atoms with E-state index >= 15 is 0 Å². The second kappa shape index (κ2) is 6.84. The molecule has 0 amide bonds. The van der Waals surface area contributed by atoms with Crippen LogP contribution in [0.5, 0.6) is 0 Å². The van der Waals surface area contributed by atoms with E-state index in [0.29, 0.717) is 16.5 Å². The zero-order chi connectivity index (χ0) is 16.4. The Labute approximate surface area is 135 Å². The molecule has 7 heteroatoms. The van der Waals surface area contributed by atoms with Gasteiger partial charge in [0.1, 0.15) is 5.82 Å². The van der Waals surface area contributed by atoms with E-state index in [1.165, 1.54) is 18.2 Å². The molecule has 2 N–H and O–H groups in total. The van der Waals surface area contributed by atoms with Crippen LogP contribution in [0.1, 0.15) is 23.6 Å². The molecule has 0 unspecified atom stereocenters. The Bertz CT molecular complexity index is 710. The van der Waals surface area contributed by atoms with Gasteiger partial charge in [0.25, 0.3) is 0 Å². The fraction of sp³-hybridized carbons (Fsp3) is 0.250. The van der Waals surface area contributed by atoms with Crippen LogP contribution < -0.4 is 10.9 Å². The van der Waals surface area contributed by atoms with Gasteiger partial charge >= 0.3 is 14.2 Å². The normalized spacial score (nSPS) is 15.1. The highest BCUT2D eigenvalue weighted by Gasteiger charge is 2.27. The first-order chi connectivity index (χ1) is 11.1. The van der Waals surface area contributed by atoms with Crippen molar-refractivity contribution >= 4 is 25.2 Å². The SMILES string of the molecule is CCc1ccc2c(c1)COB(O)c1ccc(F)cc1COB2O. The molecule has 0 aliphatic carbocycles. The minimum atomic E-state index is -1.18. The first-order valence-electron chi connectivity index (χ1n) is 7.58. The summed E-state index contributed by atoms with van der Waals surface area (Å²) in [6, 6.07) is 9.65. The topological polar surface area (TPSA) is 58.9 Å². The monoisotopic (exact) mass is 314 g/mol. The maximum atomic E-state index is 13.4. The van der Waals surface area contributed by atoms with Crippen LogP contribution in [0.2, 0.25) is 0 Å². The van der Waals surface area contributed by atoms with Gasteiger partial charge in [-0.1, -0.05) is 31.2 Å². The Morgan fingerprint density at radius 2 is 1.52 bits per heavy atom. The summed E-state index contributed by atoms with van der Waals surface area (Å²) in [5.74, 6) is -0.431. The van der Waals surface area contributed by atoms with Crippen LogP contribution in [0.4, 0.5) is 4.39 Å². The molecular weight excluding hydrogens is 297 g/mol. The van der Waals surface area contributed by atoms with Crippen LogP contribution in [-0.4, -0.2) is 24.3 Å². The van der Waals surface area contributed by atoms with Crippen molar-refractivity contribution in [2.45, 2.75) is 26.6 Å². The Balaban J connectivity index is 1.96. The lowest BCUT2D eigenvalue weighted by molar-refractivity contribution is 0.244. The number of hydrogen-bond donors (Lipinski definition) is 2. The lowest BCUT2D eigenvalue weighted by atomic mass is 9.73. The molecule has 0 atom stereocenters. The van der Waals surface area contributed by atoms with Gasteiger partial charge in [-0.2, -0.15) is 0 Å². The van der Waals surface area contributed by atoms with Gasteiger partial charge in [0.05, 0.1) is 13.2 Å². The molecule has 1 aliphatic rings. The highest BCUT2D eigenvalue weighted by Crippen LogP contribution is 2.12. The van der Waals surface area contributed by atoms with Crippen LogP contribution in [0.3, 0.4) is 0 Å². The minimum absolute atomic E-state index is 0.0242. The summed E-state index contributed by atoms with van der Waals surface area (Å²) in [6.07, 6.45) is 0.856. The lowest BCUT2D eigenvalue weighted by Gasteiger charge is -2.20. The maximum absolute atomic E-state index is 13.4. The van der Waals surface area contributed by atoms with Crippen LogP contribution in [-0.2, 0) is 28.9 Å². The van der Waals surface area contributed by atoms with Gasteiger partial charge in [0, 0.05) is 0 Å². The van der Waals surface area contributed by atoms with Crippen molar-refractivity contribution in [3.05, 3.63) is 58.9 Å². The molecule has 0 fully saturated rings. The van der Waals surface area contributed by atoms with E-state index in [0.717, 1.165) is 17.5 Å². The first-order valence-corrected chi connectivity index (χ1v) is 7.58. The molecule has 2 aromatic rings. The standard InChI is InChI=1S/C16H17B2FO4/c1-2-11-3-5-15-12(7-11)9-22-18(21)16-6-4-14(19)8-13(16)10-23-17(15)20/h3-8,20-21H,2,9-10H2,1H3. The summed E-state index contributed by atoms with van der Waals surface area (Å²) in [6.45, 7) is 2.14. The van der Waals surface area contributed by atoms with E-state index in [1.54, 1.807) is 6.07 Å². The molecule has 3 rings (SSSR count). The smallest absolute Gasteiger partial charge is 0.423 e. The molecular formula is C16H17B2FO4. The largest absolute Gasteiger partial charge is 0.491 e. The van der Waals surface area contributed by atoms with Crippen LogP contribution in [0, 0.1) is 5.82 Å². The van der Waals surface area contributed by atoms with E-state index in [-0.39, 0.29) is 13.2 Å². The van der Waals surface area contributed by atoms with Gasteiger partial charge in [-0.25, -0.2) is 4.39 Å². The third-order valence-corrected chi connectivity index (χ3v) is 4.05. The van der Waals surface area contributed by atoms with Gasteiger partial charge in [-0.15, -0.1) is 0 Å². The first kappa shape index (κ1) is 16.2. The molecule has 23 heavy (non-hydrogen) atoms. The molecule has 0 spiro atoms. The Kier molecular flexibility index (Phi) is 4.82. The lowest BCUT2D eigenvalue weighted by Crippen LogP contribution is -2.42. The third-order valence-electron chi connectivity index (χ3n) is 4.05. The van der Waals surface area contributed by atoms with Crippen molar-refractivity contribution in [2.75, 3.05) is 0 Å². The Hall–Kier alpha value is -1.66. The Morgan fingerprint density at radius 1 is 0.957 bits per heavy atom. The van der Waals surface area contributed by atoms with Gasteiger partial charge in [0.2, 0.25) is 0 Å². The summed E-state index contributed by atoms with van der Waals surface area (Å²) < 4.78 is 24.4. The molecule has 1 aliphatic heterocycles. The molecule has 0 saturated heterocycles. The van der Waals surface area contributed by atoms with Crippen molar-refractivity contribution in [3.63, 3.8) is 0 Å². The van der Waals surface area contributed by atoms with Crippen LogP contribution >= 0.6 is 0 Å². The predicted octanol–water partition coefficient (Wildman–Crippen LogP) is 0.510. The molecule has 1 heterocycles. The number of rotatable bonds is 1. The second-order valence-electron chi connectivity index (χ2n) is 5.56. The quantitative estimate of drug-likeness (QED) is 0.753. The van der Waals surface area contributed by atoms with Gasteiger partial charge in [-0.3, -0.25) is 0 Å². The molecule has 2 aromatic carbocycles. The van der Waals surface area contributed by atoms with Gasteiger partial charge in [0.15, 0.2) is 0 Å². The average molecular weight is 314 g/mol. The molecule has 118 valence electrons. The number of hydrogen-bond acceptors (Lipinski definition) is 4. The van der Waals surface area contributed by atoms with Gasteiger partial charge in [-0.05, 0) is 46.2 Å². The van der Waals surface area contributed by atoms with E-state index in [9.17, 15) is 14.4 Å². The van der Waals surface area contributed by atoms with Crippen molar-refractivity contribution in [2.24, 2.45) is 0 Å². The van der Waals surface area contributed by atoms with E-state index < -0.39 is 20.1 Å². The summed E-state index contributed by atoms with van der Waals surface area (Å²) in [5, 5.41) is 20.5. The summed E-state index contributed by atoms with van der Waals surface area (Å²) in [7, 11) is -2.31. The fourth-order valence-corrected chi connectivity index (χ4v) is 2.70. The number of aryl methyl sites for hydroxylation is 1. The van der Waals surface area contributed by atoms with Crippen molar-refractivity contribution in [3.8, 4) is 0 Å². The molecule has 4 nitrogen and oxygen atoms in total. The van der Waals surface area contributed by atoms with Crippen molar-refractivity contribution < 1.29 is 23.7 Å². The van der Waals surface area contributed by atoms with E-state index in [2.05, 4.69) is 0 Å². The Morgan fingerprint density at radius 3 is 2.13 bits per heavy atom. The summed E-state index contributed by atoms with van der Waals surface area (Å²) in [4.78, 5) is 0. The highest BCUT2D eigenvalue weighted by atomic mass is 19.1. The van der Waals surface area contributed by atoms with Crippen LogP contribution in [0.15, 0.2) is 36.4 Å². The zero-order valence-corrected chi connectivity index (χ0v) is 12.8. The predicted molar refractivity (Wildman–Crippen MR) is 87.0 cm³/mol. The average Bonchev–Trinajstić information content (AvgIpc) is 2.56. The maximum Gasteiger partial charge on any atom is 0.491 e. The fourth-order valence-electron chi connectivity index (χ4n) is 2.70. The zero-order valence-electron chi connectivity index (χ0n) is 12.8. The number of fused-ring (bicyclic) bond motifs is 2. The van der Waals surface area contributed by atoms with E-state index in [4.69, 9.17) is 9.31 Å². The van der Waals surface area contributed by atoms with Gasteiger partial charge < -0.3 is 19.4 Å². The molecule has 0 aromatic heterocycles. The summed E-state index contributed by atoms with van der Waals surface area (Å²) in [5.41, 5.74) is 3.35. The molecule has 0 radical (unpaired) electrons. The highest BCUT2D eigenvalue weighted by molar-refractivity contribution is 6.61. The molecule has 0 saturated carbocycles. The summed E-state index contributed by atoms with van der Waals surface area (Å²) >= 11 is 0. The van der Waals surface area contributed by atoms with Crippen molar-refractivity contribution in [1.82, 2.24) is 0 Å².